The van der Waals surface area contributed by atoms with Crippen molar-refractivity contribution in [3.05, 3.63) is 64.4 Å². The first kappa shape index (κ1) is 17.2. The Balaban J connectivity index is 2.21. The molecule has 0 saturated heterocycles. The van der Waals surface area contributed by atoms with Crippen molar-refractivity contribution in [3.63, 3.8) is 0 Å². The molecule has 0 radical (unpaired) electrons. The van der Waals surface area contributed by atoms with Gasteiger partial charge in [0.2, 0.25) is 5.91 Å². The van der Waals surface area contributed by atoms with Crippen LogP contribution in [0, 0.1) is 5.82 Å². The van der Waals surface area contributed by atoms with Gasteiger partial charge in [0.1, 0.15) is 12.0 Å². The Morgan fingerprint density at radius 2 is 1.96 bits per heavy atom. The van der Waals surface area contributed by atoms with E-state index >= 15 is 0 Å². The Bertz CT molecular complexity index is 823. The van der Waals surface area contributed by atoms with Gasteiger partial charge in [0.15, 0.2) is 0 Å². The van der Waals surface area contributed by atoms with E-state index in [1.807, 2.05) is 0 Å². The van der Waals surface area contributed by atoms with E-state index in [4.69, 9.17) is 11.6 Å². The summed E-state index contributed by atoms with van der Waals surface area (Å²) in [7, 11) is 3.10. The molecule has 2 aromatic carbocycles. The van der Waals surface area contributed by atoms with Crippen LogP contribution in [-0.4, -0.2) is 37.4 Å². The molecule has 0 spiro atoms. The molecule has 0 unspecified atom stereocenters. The fourth-order valence-electron chi connectivity index (χ4n) is 3.06. The lowest BCUT2D eigenvalue weighted by molar-refractivity contribution is -0.119. The first-order chi connectivity index (χ1) is 12.0. The molecule has 7 heteroatoms. The number of nitrogens with one attached hydrogen (secondary N) is 1. The molecule has 0 saturated carbocycles. The van der Waals surface area contributed by atoms with E-state index in [1.54, 1.807) is 42.3 Å². The molecule has 1 N–H and O–H groups in total. The molecule has 5 nitrogen and oxygen atoms in total. The lowest BCUT2D eigenvalue weighted by atomic mass is 10.0. The molecule has 0 aromatic heterocycles. The van der Waals surface area contributed by atoms with Crippen molar-refractivity contribution >= 4 is 29.1 Å². The molecule has 0 aliphatic carbocycles. The summed E-state index contributed by atoms with van der Waals surface area (Å²) >= 11 is 6.23. The van der Waals surface area contributed by atoms with Crippen LogP contribution < -0.4 is 10.2 Å². The molecule has 2 aromatic rings. The topological polar surface area (TPSA) is 52.7 Å². The minimum absolute atomic E-state index is 0.0412. The van der Waals surface area contributed by atoms with Crippen molar-refractivity contribution in [1.82, 2.24) is 10.2 Å². The van der Waals surface area contributed by atoms with Gasteiger partial charge < -0.3 is 15.1 Å². The van der Waals surface area contributed by atoms with E-state index in [0.29, 0.717) is 11.3 Å². The molecule has 25 heavy (non-hydrogen) atoms. The van der Waals surface area contributed by atoms with Gasteiger partial charge in [-0.25, -0.2) is 4.39 Å². The van der Waals surface area contributed by atoms with Crippen molar-refractivity contribution in [3.8, 4) is 0 Å². The largest absolute Gasteiger partial charge is 0.358 e. The van der Waals surface area contributed by atoms with E-state index in [1.165, 1.54) is 24.1 Å². The molecule has 0 bridgehead atoms. The fraction of sp³-hybridized carbons (Fsp3) is 0.222. The summed E-state index contributed by atoms with van der Waals surface area (Å²) in [6, 6.07) is 11.3. The monoisotopic (exact) mass is 361 g/mol. The van der Waals surface area contributed by atoms with Gasteiger partial charge >= 0.3 is 0 Å². The highest BCUT2D eigenvalue weighted by Gasteiger charge is 2.39. The van der Waals surface area contributed by atoms with Crippen LogP contribution >= 0.6 is 11.6 Å². The number of para-hydroxylation sites is 1. The van der Waals surface area contributed by atoms with Crippen LogP contribution in [0.3, 0.4) is 0 Å². The maximum Gasteiger partial charge on any atom is 0.257 e. The summed E-state index contributed by atoms with van der Waals surface area (Å²) in [5, 5.41) is 2.76. The van der Waals surface area contributed by atoms with Crippen LogP contribution in [0.2, 0.25) is 5.02 Å². The summed E-state index contributed by atoms with van der Waals surface area (Å²) in [5.74, 6) is -1.04. The molecule has 1 aliphatic rings. The van der Waals surface area contributed by atoms with Gasteiger partial charge in [0.05, 0.1) is 22.8 Å². The first-order valence-electron chi connectivity index (χ1n) is 7.73. The van der Waals surface area contributed by atoms with Crippen molar-refractivity contribution < 1.29 is 14.0 Å². The number of nitrogens with zero attached hydrogens (tertiary/aromatic N) is 2. The van der Waals surface area contributed by atoms with Crippen LogP contribution in [0.1, 0.15) is 22.1 Å². The molecule has 3 rings (SSSR count). The summed E-state index contributed by atoms with van der Waals surface area (Å²) in [4.78, 5) is 27.9. The molecule has 2 amide bonds. The number of hydrogen-bond acceptors (Lipinski definition) is 3. The zero-order valence-electron chi connectivity index (χ0n) is 13.8. The zero-order chi connectivity index (χ0) is 18.1. The summed E-state index contributed by atoms with van der Waals surface area (Å²) in [6.07, 6.45) is -0.826. The number of carbonyl (C=O) groups is 2. The normalized spacial score (nSPS) is 16.6. The fourth-order valence-corrected chi connectivity index (χ4v) is 3.32. The number of anilines is 1. The third-order valence-corrected chi connectivity index (χ3v) is 4.61. The van der Waals surface area contributed by atoms with Gasteiger partial charge in [-0.3, -0.25) is 9.59 Å². The third-order valence-electron chi connectivity index (χ3n) is 4.28. The maximum atomic E-state index is 14.6. The number of halogens is 2. The van der Waals surface area contributed by atoms with Gasteiger partial charge in [0.25, 0.3) is 5.91 Å². The lowest BCUT2D eigenvalue weighted by Gasteiger charge is -2.44. The Morgan fingerprint density at radius 1 is 1.24 bits per heavy atom. The highest BCUT2D eigenvalue weighted by atomic mass is 35.5. The van der Waals surface area contributed by atoms with Crippen LogP contribution in [0.15, 0.2) is 42.5 Å². The number of rotatable bonds is 3. The highest BCUT2D eigenvalue weighted by Crippen LogP contribution is 2.40. The number of hydrogen-bond donors (Lipinski definition) is 1. The molecule has 0 fully saturated rings. The van der Waals surface area contributed by atoms with Crippen LogP contribution in [0.5, 0.6) is 0 Å². The zero-order valence-corrected chi connectivity index (χ0v) is 14.5. The van der Waals surface area contributed by atoms with E-state index < -0.39 is 12.0 Å². The number of amides is 2. The Hall–Kier alpha value is -2.60. The molecular formula is C18H17ClFN3O2. The quantitative estimate of drug-likeness (QED) is 0.914. The van der Waals surface area contributed by atoms with Crippen molar-refractivity contribution in [2.24, 2.45) is 0 Å². The number of carbonyl (C=O) groups excluding carboxylic acids is 2. The maximum absolute atomic E-state index is 14.6. The van der Waals surface area contributed by atoms with Gasteiger partial charge in [-0.05, 0) is 24.3 Å². The Kier molecular flexibility index (Phi) is 4.63. The van der Waals surface area contributed by atoms with Gasteiger partial charge in [0, 0.05) is 19.7 Å². The van der Waals surface area contributed by atoms with Gasteiger partial charge in [-0.2, -0.15) is 0 Å². The van der Waals surface area contributed by atoms with Gasteiger partial charge in [-0.1, -0.05) is 29.8 Å². The lowest BCUT2D eigenvalue weighted by Crippen LogP contribution is -2.50. The summed E-state index contributed by atoms with van der Waals surface area (Å²) in [6.45, 7) is -0.0412. The minimum Gasteiger partial charge on any atom is -0.358 e. The van der Waals surface area contributed by atoms with Crippen molar-refractivity contribution in [2.75, 3.05) is 25.5 Å². The van der Waals surface area contributed by atoms with Crippen molar-refractivity contribution in [2.45, 2.75) is 6.17 Å². The predicted octanol–water partition coefficient (Wildman–Crippen LogP) is 2.82. The Labute approximate surface area is 150 Å². The average molecular weight is 362 g/mol. The Morgan fingerprint density at radius 3 is 2.64 bits per heavy atom. The molecular weight excluding hydrogens is 345 g/mol. The highest BCUT2D eigenvalue weighted by molar-refractivity contribution is 6.31. The molecule has 1 atom stereocenters. The standard InChI is InChI=1S/C18H17ClFN3O2/c1-21-15(24)10-23-14-9-4-3-6-11(14)18(25)22(2)17(23)16-12(19)7-5-8-13(16)20/h3-9,17H,10H2,1-2H3,(H,21,24)/t17-/m0/s1. The van der Waals surface area contributed by atoms with Crippen molar-refractivity contribution in [1.29, 1.82) is 0 Å². The minimum atomic E-state index is -0.826. The summed E-state index contributed by atoms with van der Waals surface area (Å²) < 4.78 is 14.6. The second-order valence-corrected chi connectivity index (χ2v) is 6.15. The van der Waals surface area contributed by atoms with Crippen LogP contribution in [0.25, 0.3) is 0 Å². The SMILES string of the molecule is CNC(=O)CN1c2ccccc2C(=O)N(C)[C@@H]1c1c(F)cccc1Cl. The first-order valence-corrected chi connectivity index (χ1v) is 8.10. The smallest absolute Gasteiger partial charge is 0.257 e. The second kappa shape index (κ2) is 6.72. The van der Waals surface area contributed by atoms with Crippen LogP contribution in [0.4, 0.5) is 10.1 Å². The number of benzene rings is 2. The summed E-state index contributed by atoms with van der Waals surface area (Å²) in [5.41, 5.74) is 1.19. The second-order valence-electron chi connectivity index (χ2n) is 5.74. The van der Waals surface area contributed by atoms with E-state index in [0.717, 1.165) is 0 Å². The third kappa shape index (κ3) is 2.93. The predicted molar refractivity (Wildman–Crippen MR) is 94.1 cm³/mol. The molecule has 1 heterocycles. The molecule has 1 aliphatic heterocycles. The van der Waals surface area contributed by atoms with E-state index in [9.17, 15) is 14.0 Å². The number of fused-ring (bicyclic) bond motifs is 1. The van der Waals surface area contributed by atoms with Gasteiger partial charge in [-0.15, -0.1) is 0 Å². The number of likely N-dealkylation sites (N-methyl/N-ethyl adjacent to an activating group) is 1. The van der Waals surface area contributed by atoms with Crippen LogP contribution in [-0.2, 0) is 4.79 Å². The van der Waals surface area contributed by atoms with E-state index in [-0.39, 0.29) is 28.9 Å². The average Bonchev–Trinajstić information content (AvgIpc) is 2.61. The molecule has 130 valence electrons. The van der Waals surface area contributed by atoms with E-state index in [2.05, 4.69) is 5.32 Å².